The van der Waals surface area contributed by atoms with Gasteiger partial charge in [0.1, 0.15) is 0 Å². The topological polar surface area (TPSA) is 58.6 Å². The molecular formula is C11H24N2O3S. The Morgan fingerprint density at radius 3 is 2.82 bits per heavy atom. The minimum atomic E-state index is -2.78. The molecule has 0 aromatic rings. The highest BCUT2D eigenvalue weighted by Crippen LogP contribution is 2.03. The molecule has 0 atom stereocenters. The normalized spacial score (nSPS) is 21.2. The van der Waals surface area contributed by atoms with Crippen LogP contribution in [0.5, 0.6) is 0 Å². The monoisotopic (exact) mass is 264 g/mol. The van der Waals surface area contributed by atoms with Crippen LogP contribution in [-0.2, 0) is 14.6 Å². The molecule has 0 radical (unpaired) electrons. The van der Waals surface area contributed by atoms with E-state index in [0.29, 0.717) is 18.1 Å². The first-order valence-corrected chi connectivity index (χ1v) is 8.17. The largest absolute Gasteiger partial charge is 0.380 e. The molecule has 6 heteroatoms. The summed E-state index contributed by atoms with van der Waals surface area (Å²) < 4.78 is 28.0. The average molecular weight is 264 g/mol. The summed E-state index contributed by atoms with van der Waals surface area (Å²) in [4.78, 5) is 2.22. The lowest BCUT2D eigenvalue weighted by Crippen LogP contribution is -2.35. The second-order valence-electron chi connectivity index (χ2n) is 4.29. The van der Waals surface area contributed by atoms with Gasteiger partial charge in [-0.25, -0.2) is 8.42 Å². The molecule has 1 fully saturated rings. The molecule has 102 valence electrons. The Bertz CT molecular complexity index is 293. The second kappa shape index (κ2) is 8.02. The van der Waals surface area contributed by atoms with Gasteiger partial charge in [0.25, 0.3) is 0 Å². The van der Waals surface area contributed by atoms with Gasteiger partial charge in [-0.2, -0.15) is 0 Å². The number of ether oxygens (including phenoxy) is 1. The number of nitrogens with one attached hydrogen (secondary N) is 1. The third kappa shape index (κ3) is 6.98. The van der Waals surface area contributed by atoms with Gasteiger partial charge in [-0.3, -0.25) is 0 Å². The molecular weight excluding hydrogens is 240 g/mol. The van der Waals surface area contributed by atoms with Crippen LogP contribution >= 0.6 is 0 Å². The van der Waals surface area contributed by atoms with Gasteiger partial charge < -0.3 is 15.0 Å². The Morgan fingerprint density at radius 1 is 1.24 bits per heavy atom. The maximum atomic E-state index is 11.4. The predicted molar refractivity (Wildman–Crippen MR) is 69.1 cm³/mol. The number of nitrogens with zero attached hydrogens (tertiary/aromatic N) is 1. The molecule has 1 N–H and O–H groups in total. The van der Waals surface area contributed by atoms with Gasteiger partial charge >= 0.3 is 0 Å². The van der Waals surface area contributed by atoms with Crippen LogP contribution in [0.1, 0.15) is 13.3 Å². The standard InChI is InChI=1S/C11H24N2O3S/c1-2-16-9-5-12-4-7-13-6-3-10-17(14,15)11-8-13/h12H,2-11H2,1H3. The van der Waals surface area contributed by atoms with Gasteiger partial charge in [0.2, 0.25) is 0 Å². The number of hydrogen-bond acceptors (Lipinski definition) is 5. The van der Waals surface area contributed by atoms with E-state index in [2.05, 4.69) is 10.2 Å². The van der Waals surface area contributed by atoms with Crippen molar-refractivity contribution in [3.8, 4) is 0 Å². The van der Waals surface area contributed by atoms with Gasteiger partial charge in [0.15, 0.2) is 9.84 Å². The van der Waals surface area contributed by atoms with Gasteiger partial charge in [-0.05, 0) is 19.9 Å². The van der Waals surface area contributed by atoms with Crippen LogP contribution in [0, 0.1) is 0 Å². The molecule has 0 aliphatic carbocycles. The Labute approximate surface area is 104 Å². The van der Waals surface area contributed by atoms with E-state index in [1.807, 2.05) is 6.92 Å². The highest BCUT2D eigenvalue weighted by molar-refractivity contribution is 7.91. The molecule has 0 amide bonds. The first-order chi connectivity index (χ1) is 8.14. The van der Waals surface area contributed by atoms with Crippen LogP contribution < -0.4 is 5.32 Å². The third-order valence-electron chi connectivity index (χ3n) is 2.88. The number of sulfone groups is 1. The molecule has 5 nitrogen and oxygen atoms in total. The summed E-state index contributed by atoms with van der Waals surface area (Å²) in [7, 11) is -2.78. The van der Waals surface area contributed by atoms with Crippen LogP contribution in [0.2, 0.25) is 0 Å². The zero-order valence-corrected chi connectivity index (χ0v) is 11.5. The van der Waals surface area contributed by atoms with Crippen LogP contribution in [0.25, 0.3) is 0 Å². The van der Waals surface area contributed by atoms with Crippen LogP contribution in [0.15, 0.2) is 0 Å². The first-order valence-electron chi connectivity index (χ1n) is 6.35. The molecule has 0 aromatic carbocycles. The minimum absolute atomic E-state index is 0.311. The zero-order chi connectivity index (χ0) is 12.6. The molecule has 1 aliphatic heterocycles. The molecule has 1 aliphatic rings. The lowest BCUT2D eigenvalue weighted by atomic mass is 10.4. The predicted octanol–water partition coefficient (Wildman–Crippen LogP) is -0.267. The van der Waals surface area contributed by atoms with Crippen LogP contribution in [0.3, 0.4) is 0 Å². The van der Waals surface area contributed by atoms with E-state index in [1.54, 1.807) is 0 Å². The van der Waals surface area contributed by atoms with E-state index in [4.69, 9.17) is 4.74 Å². The Balaban J connectivity index is 2.07. The van der Waals surface area contributed by atoms with Crippen molar-refractivity contribution in [3.63, 3.8) is 0 Å². The fraction of sp³-hybridized carbons (Fsp3) is 1.00. The summed E-state index contributed by atoms with van der Waals surface area (Å²) in [6, 6.07) is 0. The third-order valence-corrected chi connectivity index (χ3v) is 4.60. The van der Waals surface area contributed by atoms with Crippen molar-refractivity contribution in [2.24, 2.45) is 0 Å². The summed E-state index contributed by atoms with van der Waals surface area (Å²) >= 11 is 0. The van der Waals surface area contributed by atoms with Gasteiger partial charge in [-0.1, -0.05) is 0 Å². The maximum absolute atomic E-state index is 11.4. The van der Waals surface area contributed by atoms with E-state index in [-0.39, 0.29) is 0 Å². The fourth-order valence-corrected chi connectivity index (χ4v) is 3.17. The molecule has 1 rings (SSSR count). The van der Waals surface area contributed by atoms with Crippen molar-refractivity contribution in [2.45, 2.75) is 13.3 Å². The van der Waals surface area contributed by atoms with Crippen molar-refractivity contribution >= 4 is 9.84 Å². The summed E-state index contributed by atoms with van der Waals surface area (Å²) in [6.45, 7) is 7.73. The molecule has 0 unspecified atom stereocenters. The average Bonchev–Trinajstić information content (AvgIpc) is 2.45. The molecule has 17 heavy (non-hydrogen) atoms. The first kappa shape index (κ1) is 14.9. The SMILES string of the molecule is CCOCCNCCN1CCCS(=O)(=O)CC1. The van der Waals surface area contributed by atoms with Gasteiger partial charge in [-0.15, -0.1) is 0 Å². The lowest BCUT2D eigenvalue weighted by Gasteiger charge is -2.19. The van der Waals surface area contributed by atoms with E-state index in [0.717, 1.165) is 45.8 Å². The van der Waals surface area contributed by atoms with E-state index in [1.165, 1.54) is 0 Å². The summed E-state index contributed by atoms with van der Waals surface area (Å²) in [6.07, 6.45) is 0.765. The number of hydrogen-bond donors (Lipinski definition) is 1. The van der Waals surface area contributed by atoms with Crippen molar-refractivity contribution < 1.29 is 13.2 Å². The molecule has 1 saturated heterocycles. The molecule has 0 aromatic heterocycles. The molecule has 0 saturated carbocycles. The Morgan fingerprint density at radius 2 is 2.06 bits per heavy atom. The van der Waals surface area contributed by atoms with Crippen molar-refractivity contribution in [3.05, 3.63) is 0 Å². The molecule has 0 bridgehead atoms. The van der Waals surface area contributed by atoms with Crippen molar-refractivity contribution in [2.75, 3.05) is 57.4 Å². The summed E-state index contributed by atoms with van der Waals surface area (Å²) in [5.74, 6) is 0.660. The fourth-order valence-electron chi connectivity index (χ4n) is 1.86. The second-order valence-corrected chi connectivity index (χ2v) is 6.60. The molecule has 0 spiro atoms. The van der Waals surface area contributed by atoms with Crippen molar-refractivity contribution in [1.82, 2.24) is 10.2 Å². The van der Waals surface area contributed by atoms with Crippen LogP contribution in [0.4, 0.5) is 0 Å². The maximum Gasteiger partial charge on any atom is 0.151 e. The van der Waals surface area contributed by atoms with Gasteiger partial charge in [0.05, 0.1) is 18.1 Å². The molecule has 1 heterocycles. The highest BCUT2D eigenvalue weighted by Gasteiger charge is 2.18. The summed E-state index contributed by atoms with van der Waals surface area (Å²) in [5, 5.41) is 3.29. The highest BCUT2D eigenvalue weighted by atomic mass is 32.2. The van der Waals surface area contributed by atoms with Crippen LogP contribution in [-0.4, -0.2) is 70.8 Å². The minimum Gasteiger partial charge on any atom is -0.380 e. The van der Waals surface area contributed by atoms with E-state index >= 15 is 0 Å². The van der Waals surface area contributed by atoms with E-state index < -0.39 is 9.84 Å². The summed E-state index contributed by atoms with van der Waals surface area (Å²) in [5.41, 5.74) is 0. The lowest BCUT2D eigenvalue weighted by molar-refractivity contribution is 0.148. The van der Waals surface area contributed by atoms with Crippen molar-refractivity contribution in [1.29, 1.82) is 0 Å². The van der Waals surface area contributed by atoms with Gasteiger partial charge in [0, 0.05) is 32.8 Å². The zero-order valence-electron chi connectivity index (χ0n) is 10.7. The quantitative estimate of drug-likeness (QED) is 0.642. The smallest absolute Gasteiger partial charge is 0.151 e. The Kier molecular flexibility index (Phi) is 7.03. The Hall–Kier alpha value is -0.170. The van der Waals surface area contributed by atoms with E-state index in [9.17, 15) is 8.42 Å². The number of rotatable bonds is 7.